The van der Waals surface area contributed by atoms with Crippen molar-refractivity contribution in [1.29, 1.82) is 0 Å². The maximum atomic E-state index is 10.0. The number of carbonyl (C=O) groups is 2. The molecule has 0 aromatic rings. The Labute approximate surface area is 195 Å². The second-order valence-electron chi connectivity index (χ2n) is 7.26. The molecule has 0 radical (unpaired) electrons. The van der Waals surface area contributed by atoms with Crippen LogP contribution in [0.5, 0.6) is 0 Å². The fourth-order valence-corrected chi connectivity index (χ4v) is 2.80. The van der Waals surface area contributed by atoms with Crippen molar-refractivity contribution in [3.8, 4) is 0 Å². The zero-order chi connectivity index (χ0) is 21.3. The predicted octanol–water partition coefficient (Wildman–Crippen LogP) is 4.49. The minimum atomic E-state index is -1.09. The van der Waals surface area contributed by atoms with Crippen LogP contribution in [0.15, 0.2) is 24.3 Å². The maximum absolute atomic E-state index is 10.0. The second-order valence-corrected chi connectivity index (χ2v) is 7.26. The Morgan fingerprint density at radius 1 is 0.552 bits per heavy atom. The normalized spacial score (nSPS) is 10.6. The molecule has 29 heavy (non-hydrogen) atoms. The number of hydrogen-bond acceptors (Lipinski definition) is 4. The Kier molecular flexibility index (Phi) is 33.3. The van der Waals surface area contributed by atoms with Gasteiger partial charge in [0.05, 0.1) is 11.9 Å². The molecular formula is C24H42MgO4. The number of carbonyl (C=O) groups excluding carboxylic acids is 2. The first-order valence-electron chi connectivity index (χ1n) is 11.3. The molecule has 0 bridgehead atoms. The van der Waals surface area contributed by atoms with Crippen molar-refractivity contribution in [2.45, 2.75) is 117 Å². The van der Waals surface area contributed by atoms with Gasteiger partial charge in [-0.1, -0.05) is 103 Å². The first-order chi connectivity index (χ1) is 13.5. The number of carboxylic acid groups (broad SMARTS) is 2. The van der Waals surface area contributed by atoms with Crippen LogP contribution in [-0.4, -0.2) is 35.0 Å². The first kappa shape index (κ1) is 32.8. The van der Waals surface area contributed by atoms with Crippen LogP contribution in [0, 0.1) is 0 Å². The Morgan fingerprint density at radius 2 is 0.828 bits per heavy atom. The van der Waals surface area contributed by atoms with E-state index in [-0.39, 0.29) is 23.1 Å². The summed E-state index contributed by atoms with van der Waals surface area (Å²) in [5.74, 6) is -2.18. The summed E-state index contributed by atoms with van der Waals surface area (Å²) in [5.41, 5.74) is 0. The molecule has 0 spiro atoms. The van der Waals surface area contributed by atoms with Gasteiger partial charge in [-0.3, -0.25) is 0 Å². The summed E-state index contributed by atoms with van der Waals surface area (Å²) in [6.45, 7) is 4.43. The third kappa shape index (κ3) is 38.4. The van der Waals surface area contributed by atoms with Gasteiger partial charge in [-0.2, -0.15) is 0 Å². The van der Waals surface area contributed by atoms with Crippen LogP contribution in [0.1, 0.15) is 117 Å². The summed E-state index contributed by atoms with van der Waals surface area (Å²) in [6.07, 6.45) is 25.1. The number of aliphatic carboxylic acids is 2. The van der Waals surface area contributed by atoms with Gasteiger partial charge in [0, 0.05) is 0 Å². The van der Waals surface area contributed by atoms with Crippen LogP contribution in [0.3, 0.4) is 0 Å². The Balaban J connectivity index is -0.000000451. The van der Waals surface area contributed by atoms with E-state index < -0.39 is 11.9 Å². The fraction of sp³-hybridized carbons (Fsp3) is 0.750. The van der Waals surface area contributed by atoms with Crippen molar-refractivity contribution in [3.63, 3.8) is 0 Å². The summed E-state index contributed by atoms with van der Waals surface area (Å²) in [7, 11) is 0. The monoisotopic (exact) mass is 418 g/mol. The molecule has 164 valence electrons. The van der Waals surface area contributed by atoms with E-state index in [1.807, 2.05) is 0 Å². The van der Waals surface area contributed by atoms with Crippen molar-refractivity contribution in [2.24, 2.45) is 0 Å². The van der Waals surface area contributed by atoms with Gasteiger partial charge in [-0.05, 0) is 37.8 Å². The van der Waals surface area contributed by atoms with Crippen LogP contribution in [0.2, 0.25) is 0 Å². The number of unbranched alkanes of at least 4 members (excludes halogenated alkanes) is 14. The molecule has 0 saturated carbocycles. The first-order valence-corrected chi connectivity index (χ1v) is 11.3. The van der Waals surface area contributed by atoms with Crippen molar-refractivity contribution < 1.29 is 19.8 Å². The molecule has 0 aliphatic rings. The van der Waals surface area contributed by atoms with E-state index in [1.54, 1.807) is 12.2 Å². The Morgan fingerprint density at radius 3 is 1.10 bits per heavy atom. The van der Waals surface area contributed by atoms with Gasteiger partial charge in [0.15, 0.2) is 0 Å². The molecule has 0 heterocycles. The smallest absolute Gasteiger partial charge is 0.545 e. The molecule has 0 saturated heterocycles. The van der Waals surface area contributed by atoms with Crippen LogP contribution in [-0.2, 0) is 9.59 Å². The number of allylic oxidation sites excluding steroid dienone is 2. The predicted molar refractivity (Wildman–Crippen MR) is 119 cm³/mol. The number of carboxylic acids is 2. The molecule has 0 aliphatic heterocycles. The van der Waals surface area contributed by atoms with Crippen molar-refractivity contribution >= 4 is 35.0 Å². The second kappa shape index (κ2) is 29.4. The maximum Gasteiger partial charge on any atom is 2.00 e. The zero-order valence-electron chi connectivity index (χ0n) is 19.0. The molecule has 0 N–H and O–H groups in total. The van der Waals surface area contributed by atoms with Crippen LogP contribution in [0.25, 0.3) is 0 Å². The third-order valence-electron chi connectivity index (χ3n) is 4.46. The van der Waals surface area contributed by atoms with Gasteiger partial charge in [-0.25, -0.2) is 0 Å². The molecule has 4 nitrogen and oxygen atoms in total. The summed E-state index contributed by atoms with van der Waals surface area (Å²) in [5, 5.41) is 20.0. The Hall–Kier alpha value is -0.814. The SMILES string of the molecule is CCCCCCCCCC=CC(=O)[O-].CCCCCCCCCC=CC(=O)[O-].[Mg+2]. The largest absolute Gasteiger partial charge is 2.00 e. The van der Waals surface area contributed by atoms with E-state index >= 15 is 0 Å². The molecular weight excluding hydrogens is 377 g/mol. The zero-order valence-corrected chi connectivity index (χ0v) is 20.4. The molecule has 0 amide bonds. The molecule has 5 heteroatoms. The standard InChI is InChI=1S/2C12H22O2.Mg/c2*1-2-3-4-5-6-7-8-9-10-11-12(13)14;/h2*10-11H,2-9H2,1H3,(H,13,14);/q;;+2/p-2. The quantitative estimate of drug-likeness (QED) is 0.186. The summed E-state index contributed by atoms with van der Waals surface area (Å²) < 4.78 is 0. The van der Waals surface area contributed by atoms with Crippen molar-refractivity contribution in [2.75, 3.05) is 0 Å². The third-order valence-corrected chi connectivity index (χ3v) is 4.46. The number of rotatable bonds is 18. The fourth-order valence-electron chi connectivity index (χ4n) is 2.80. The summed E-state index contributed by atoms with van der Waals surface area (Å²) in [6, 6.07) is 0. The van der Waals surface area contributed by atoms with Gasteiger partial charge in [0.2, 0.25) is 0 Å². The topological polar surface area (TPSA) is 80.3 Å². The molecule has 0 rings (SSSR count). The van der Waals surface area contributed by atoms with Gasteiger partial charge in [0.25, 0.3) is 0 Å². The van der Waals surface area contributed by atoms with Gasteiger partial charge in [0.1, 0.15) is 0 Å². The molecule has 0 aliphatic carbocycles. The average molecular weight is 419 g/mol. The van der Waals surface area contributed by atoms with E-state index in [4.69, 9.17) is 0 Å². The number of hydrogen-bond donors (Lipinski definition) is 0. The summed E-state index contributed by atoms with van der Waals surface area (Å²) in [4.78, 5) is 20.0. The van der Waals surface area contributed by atoms with Crippen molar-refractivity contribution in [3.05, 3.63) is 24.3 Å². The van der Waals surface area contributed by atoms with Gasteiger partial charge in [-0.15, -0.1) is 0 Å². The average Bonchev–Trinajstić information content (AvgIpc) is 2.65. The summed E-state index contributed by atoms with van der Waals surface area (Å²) >= 11 is 0. The molecule has 0 aromatic carbocycles. The van der Waals surface area contributed by atoms with Gasteiger partial charge < -0.3 is 19.8 Å². The van der Waals surface area contributed by atoms with E-state index in [0.717, 1.165) is 37.8 Å². The minimum Gasteiger partial charge on any atom is -0.545 e. The van der Waals surface area contributed by atoms with Crippen LogP contribution in [0.4, 0.5) is 0 Å². The van der Waals surface area contributed by atoms with E-state index in [1.165, 1.54) is 77.0 Å². The Bertz CT molecular complexity index is 368. The van der Waals surface area contributed by atoms with E-state index in [2.05, 4.69) is 13.8 Å². The molecule has 0 atom stereocenters. The van der Waals surface area contributed by atoms with Crippen LogP contribution < -0.4 is 10.2 Å². The van der Waals surface area contributed by atoms with Gasteiger partial charge >= 0.3 is 23.1 Å². The van der Waals surface area contributed by atoms with Crippen LogP contribution >= 0.6 is 0 Å². The van der Waals surface area contributed by atoms with E-state index in [0.29, 0.717) is 0 Å². The van der Waals surface area contributed by atoms with Crippen molar-refractivity contribution in [1.82, 2.24) is 0 Å². The van der Waals surface area contributed by atoms with E-state index in [9.17, 15) is 19.8 Å². The molecule has 0 fully saturated rings. The molecule has 0 aromatic heterocycles. The minimum absolute atomic E-state index is 0. The molecule has 0 unspecified atom stereocenters.